The highest BCUT2D eigenvalue weighted by molar-refractivity contribution is 9.10. The van der Waals surface area contributed by atoms with Gasteiger partial charge in [-0.15, -0.1) is 0 Å². The van der Waals surface area contributed by atoms with Crippen molar-refractivity contribution in [3.63, 3.8) is 0 Å². The van der Waals surface area contributed by atoms with Gasteiger partial charge in [0, 0.05) is 61.7 Å². The van der Waals surface area contributed by atoms with E-state index in [9.17, 15) is 0 Å². The van der Waals surface area contributed by atoms with Crippen LogP contribution in [0.5, 0.6) is 5.75 Å². The normalized spacial score (nSPS) is 15.6. The number of H-pyrrole nitrogens is 1. The number of halogens is 1. The summed E-state index contributed by atoms with van der Waals surface area (Å²) >= 11 is 3.41. The summed E-state index contributed by atoms with van der Waals surface area (Å²) < 4.78 is 6.59. The van der Waals surface area contributed by atoms with Crippen LogP contribution < -0.4 is 9.64 Å². The van der Waals surface area contributed by atoms with Gasteiger partial charge in [-0.2, -0.15) is 0 Å². The van der Waals surface area contributed by atoms with E-state index in [1.807, 2.05) is 18.3 Å². The zero-order valence-electron chi connectivity index (χ0n) is 14.0. The quantitative estimate of drug-likeness (QED) is 0.665. The summed E-state index contributed by atoms with van der Waals surface area (Å²) in [6, 6.07) is 12.5. The SMILES string of the molecule is Brc1ncccc1OCCN1CCN(c2cccc3[nH]ccc23)CC1. The number of rotatable bonds is 5. The molecule has 0 amide bonds. The number of pyridine rings is 1. The summed E-state index contributed by atoms with van der Waals surface area (Å²) in [7, 11) is 0. The lowest BCUT2D eigenvalue weighted by Gasteiger charge is -2.36. The molecular formula is C19H21BrN4O. The first-order chi connectivity index (χ1) is 12.3. The van der Waals surface area contributed by atoms with Crippen molar-refractivity contribution in [2.75, 3.05) is 44.2 Å². The Morgan fingerprint density at radius 2 is 1.96 bits per heavy atom. The number of aromatic amines is 1. The predicted molar refractivity (Wildman–Crippen MR) is 104 cm³/mol. The third kappa shape index (κ3) is 3.65. The minimum Gasteiger partial charge on any atom is -0.489 e. The summed E-state index contributed by atoms with van der Waals surface area (Å²) in [5, 5.41) is 1.31. The number of aromatic nitrogens is 2. The fourth-order valence-corrected chi connectivity index (χ4v) is 3.69. The standard InChI is InChI=1S/C19H21BrN4O/c20-19-18(5-2-7-22-19)25-14-13-23-9-11-24(12-10-23)17-4-1-3-16-15(17)6-8-21-16/h1-8,21H,9-14H2. The average molecular weight is 401 g/mol. The number of ether oxygens (including phenoxy) is 1. The third-order valence-electron chi connectivity index (χ3n) is 4.67. The minimum atomic E-state index is 0.678. The van der Waals surface area contributed by atoms with E-state index in [0.29, 0.717) is 6.61 Å². The van der Waals surface area contributed by atoms with Gasteiger partial charge in [0.25, 0.3) is 0 Å². The number of hydrogen-bond donors (Lipinski definition) is 1. The highest BCUT2D eigenvalue weighted by Gasteiger charge is 2.18. The molecule has 1 aliphatic heterocycles. The van der Waals surface area contributed by atoms with Gasteiger partial charge < -0.3 is 14.6 Å². The smallest absolute Gasteiger partial charge is 0.152 e. The molecule has 0 saturated carbocycles. The predicted octanol–water partition coefficient (Wildman–Crippen LogP) is 3.53. The Bertz CT molecular complexity index is 842. The van der Waals surface area contributed by atoms with Crippen molar-refractivity contribution in [3.05, 3.63) is 53.4 Å². The highest BCUT2D eigenvalue weighted by atomic mass is 79.9. The molecule has 1 aromatic carbocycles. The molecular weight excluding hydrogens is 380 g/mol. The molecule has 25 heavy (non-hydrogen) atoms. The molecule has 3 aromatic rings. The number of fused-ring (bicyclic) bond motifs is 1. The van der Waals surface area contributed by atoms with Crippen molar-refractivity contribution >= 4 is 32.5 Å². The number of hydrogen-bond acceptors (Lipinski definition) is 4. The number of benzene rings is 1. The second-order valence-corrected chi connectivity index (χ2v) is 6.94. The van der Waals surface area contributed by atoms with Gasteiger partial charge in [0.2, 0.25) is 0 Å². The Hall–Kier alpha value is -2.05. The number of anilines is 1. The summed E-state index contributed by atoms with van der Waals surface area (Å²) in [5.74, 6) is 0.806. The van der Waals surface area contributed by atoms with E-state index in [-0.39, 0.29) is 0 Å². The molecule has 6 heteroatoms. The molecule has 5 nitrogen and oxygen atoms in total. The van der Waals surface area contributed by atoms with Crippen LogP contribution in [0.4, 0.5) is 5.69 Å². The van der Waals surface area contributed by atoms with Crippen molar-refractivity contribution < 1.29 is 4.74 Å². The first-order valence-electron chi connectivity index (χ1n) is 8.58. The second kappa shape index (κ2) is 7.45. The maximum atomic E-state index is 5.83. The molecule has 130 valence electrons. The van der Waals surface area contributed by atoms with E-state index in [0.717, 1.165) is 43.1 Å². The Labute approximate surface area is 155 Å². The molecule has 3 heterocycles. The summed E-state index contributed by atoms with van der Waals surface area (Å²) in [6.45, 7) is 5.81. The van der Waals surface area contributed by atoms with Gasteiger partial charge in [-0.25, -0.2) is 4.98 Å². The van der Waals surface area contributed by atoms with Gasteiger partial charge in [0.05, 0.1) is 0 Å². The van der Waals surface area contributed by atoms with Crippen LogP contribution in [0, 0.1) is 0 Å². The van der Waals surface area contributed by atoms with Crippen molar-refractivity contribution in [1.82, 2.24) is 14.9 Å². The molecule has 0 unspecified atom stereocenters. The van der Waals surface area contributed by atoms with Crippen molar-refractivity contribution in [3.8, 4) is 5.75 Å². The van der Waals surface area contributed by atoms with Crippen LogP contribution in [0.15, 0.2) is 53.4 Å². The second-order valence-electron chi connectivity index (χ2n) is 6.19. The Kier molecular flexibility index (Phi) is 4.90. The summed E-state index contributed by atoms with van der Waals surface area (Å²) in [6.07, 6.45) is 3.76. The number of nitrogens with zero attached hydrogens (tertiary/aromatic N) is 3. The maximum absolute atomic E-state index is 5.83. The Morgan fingerprint density at radius 1 is 1.08 bits per heavy atom. The van der Waals surface area contributed by atoms with Crippen molar-refractivity contribution in [2.45, 2.75) is 0 Å². The first-order valence-corrected chi connectivity index (χ1v) is 9.37. The molecule has 0 spiro atoms. The Morgan fingerprint density at radius 3 is 2.80 bits per heavy atom. The largest absolute Gasteiger partial charge is 0.489 e. The van der Waals surface area contributed by atoms with Crippen LogP contribution in [-0.2, 0) is 0 Å². The number of piperazine rings is 1. The van der Waals surface area contributed by atoms with E-state index < -0.39 is 0 Å². The van der Waals surface area contributed by atoms with Gasteiger partial charge >= 0.3 is 0 Å². The van der Waals surface area contributed by atoms with Crippen molar-refractivity contribution in [1.29, 1.82) is 0 Å². The summed E-state index contributed by atoms with van der Waals surface area (Å²) in [4.78, 5) is 12.4. The van der Waals surface area contributed by atoms with Crippen molar-refractivity contribution in [2.24, 2.45) is 0 Å². The minimum absolute atomic E-state index is 0.678. The third-order valence-corrected chi connectivity index (χ3v) is 5.27. The molecule has 1 aliphatic rings. The fraction of sp³-hybridized carbons (Fsp3) is 0.316. The lowest BCUT2D eigenvalue weighted by molar-refractivity contribution is 0.199. The van der Waals surface area contributed by atoms with Gasteiger partial charge in [-0.3, -0.25) is 4.90 Å². The molecule has 1 saturated heterocycles. The Balaban J connectivity index is 1.30. The molecule has 1 N–H and O–H groups in total. The van der Waals surface area contributed by atoms with E-state index >= 15 is 0 Å². The molecule has 0 bridgehead atoms. The molecule has 4 rings (SSSR count). The zero-order chi connectivity index (χ0) is 17.1. The molecule has 2 aromatic heterocycles. The van der Waals surface area contributed by atoms with Gasteiger partial charge in [-0.1, -0.05) is 6.07 Å². The van der Waals surface area contributed by atoms with Crippen LogP contribution in [0.25, 0.3) is 10.9 Å². The van der Waals surface area contributed by atoms with E-state index in [2.05, 4.69) is 60.0 Å². The first kappa shape index (κ1) is 16.4. The van der Waals surface area contributed by atoms with Gasteiger partial charge in [0.15, 0.2) is 5.75 Å². The van der Waals surface area contributed by atoms with Crippen LogP contribution in [0.1, 0.15) is 0 Å². The molecule has 1 fully saturated rings. The fourth-order valence-electron chi connectivity index (χ4n) is 3.32. The monoisotopic (exact) mass is 400 g/mol. The average Bonchev–Trinajstić information content (AvgIpc) is 3.13. The molecule has 0 aliphatic carbocycles. The maximum Gasteiger partial charge on any atom is 0.152 e. The number of nitrogens with one attached hydrogen (secondary N) is 1. The lowest BCUT2D eigenvalue weighted by Crippen LogP contribution is -2.47. The highest BCUT2D eigenvalue weighted by Crippen LogP contribution is 2.27. The van der Waals surface area contributed by atoms with Crippen LogP contribution >= 0.6 is 15.9 Å². The van der Waals surface area contributed by atoms with Crippen LogP contribution in [0.2, 0.25) is 0 Å². The summed E-state index contributed by atoms with van der Waals surface area (Å²) in [5.41, 5.74) is 2.53. The van der Waals surface area contributed by atoms with E-state index in [4.69, 9.17) is 4.74 Å². The van der Waals surface area contributed by atoms with Gasteiger partial charge in [0.1, 0.15) is 11.2 Å². The molecule has 0 radical (unpaired) electrons. The lowest BCUT2D eigenvalue weighted by atomic mass is 10.1. The van der Waals surface area contributed by atoms with Crippen LogP contribution in [0.3, 0.4) is 0 Å². The van der Waals surface area contributed by atoms with E-state index in [1.165, 1.54) is 16.6 Å². The van der Waals surface area contributed by atoms with E-state index in [1.54, 1.807) is 6.20 Å². The van der Waals surface area contributed by atoms with Gasteiger partial charge in [-0.05, 0) is 46.3 Å². The molecule has 0 atom stereocenters. The zero-order valence-corrected chi connectivity index (χ0v) is 15.6. The topological polar surface area (TPSA) is 44.4 Å². The van der Waals surface area contributed by atoms with Crippen LogP contribution in [-0.4, -0.2) is 54.2 Å².